The number of aromatic carboxylic acids is 1. The molecule has 0 fully saturated rings. The predicted molar refractivity (Wildman–Crippen MR) is 86.0 cm³/mol. The number of carboxylic acids is 1. The van der Waals surface area contributed by atoms with E-state index in [2.05, 4.69) is 20.7 Å². The topological polar surface area (TPSA) is 83.5 Å². The summed E-state index contributed by atoms with van der Waals surface area (Å²) in [5.74, 6) is -1.27. The number of thiophene rings is 1. The van der Waals surface area contributed by atoms with Gasteiger partial charge in [0.2, 0.25) is 0 Å². The van der Waals surface area contributed by atoms with Gasteiger partial charge in [0.15, 0.2) is 0 Å². The van der Waals surface area contributed by atoms with Crippen molar-refractivity contribution in [2.24, 2.45) is 0 Å². The van der Waals surface area contributed by atoms with Crippen LogP contribution >= 0.6 is 38.9 Å². The lowest BCUT2D eigenvalue weighted by molar-refractivity contribution is 0.0698. The summed E-state index contributed by atoms with van der Waals surface area (Å²) >= 11 is 10.2. The first-order valence-electron chi connectivity index (χ1n) is 5.52. The van der Waals surface area contributed by atoms with Crippen LogP contribution in [0.2, 0.25) is 5.02 Å². The number of rotatable bonds is 4. The summed E-state index contributed by atoms with van der Waals surface area (Å²) in [5, 5.41) is 9.33. The molecule has 0 saturated carbocycles. The summed E-state index contributed by atoms with van der Waals surface area (Å²) in [4.78, 5) is 11.9. The van der Waals surface area contributed by atoms with Crippen molar-refractivity contribution < 1.29 is 18.3 Å². The summed E-state index contributed by atoms with van der Waals surface area (Å²) in [6, 6.07) is 5.40. The Labute approximate surface area is 138 Å². The van der Waals surface area contributed by atoms with E-state index < -0.39 is 16.0 Å². The summed E-state index contributed by atoms with van der Waals surface area (Å²) in [6.07, 6.45) is 0. The van der Waals surface area contributed by atoms with Crippen LogP contribution < -0.4 is 4.72 Å². The Morgan fingerprint density at radius 1 is 1.38 bits per heavy atom. The monoisotopic (exact) mass is 409 g/mol. The highest BCUT2D eigenvalue weighted by molar-refractivity contribution is 9.11. The van der Waals surface area contributed by atoms with E-state index in [9.17, 15) is 13.2 Å². The smallest absolute Gasteiger partial charge is 0.337 e. The summed E-state index contributed by atoms with van der Waals surface area (Å²) in [6.45, 7) is 1.67. The van der Waals surface area contributed by atoms with Gasteiger partial charge in [-0.2, -0.15) is 0 Å². The summed E-state index contributed by atoms with van der Waals surface area (Å²) in [5.41, 5.74) is -0.244. The number of anilines is 1. The van der Waals surface area contributed by atoms with E-state index in [0.29, 0.717) is 8.66 Å². The van der Waals surface area contributed by atoms with Crippen LogP contribution in [0.5, 0.6) is 0 Å². The molecule has 1 aromatic heterocycles. The van der Waals surface area contributed by atoms with E-state index in [1.807, 2.05) is 0 Å². The zero-order chi connectivity index (χ0) is 15.8. The molecule has 0 bridgehead atoms. The number of aryl methyl sites for hydroxylation is 1. The molecule has 2 rings (SSSR count). The van der Waals surface area contributed by atoms with Crippen LogP contribution in [-0.4, -0.2) is 19.5 Å². The van der Waals surface area contributed by atoms with Crippen molar-refractivity contribution in [3.63, 3.8) is 0 Å². The van der Waals surface area contributed by atoms with Gasteiger partial charge < -0.3 is 5.11 Å². The van der Waals surface area contributed by atoms with Crippen molar-refractivity contribution in [1.29, 1.82) is 0 Å². The number of carbonyl (C=O) groups is 1. The Hall–Kier alpha value is -1.09. The minimum absolute atomic E-state index is 0.0337. The summed E-state index contributed by atoms with van der Waals surface area (Å²) < 4.78 is 27.6. The molecule has 112 valence electrons. The average Bonchev–Trinajstić information content (AvgIpc) is 2.71. The fraction of sp³-hybridized carbons (Fsp3) is 0.0833. The number of benzene rings is 1. The number of carboxylic acid groups (broad SMARTS) is 1. The Morgan fingerprint density at radius 2 is 2.05 bits per heavy atom. The normalized spacial score (nSPS) is 11.4. The third-order valence-electron chi connectivity index (χ3n) is 2.59. The van der Waals surface area contributed by atoms with E-state index in [0.717, 1.165) is 0 Å². The van der Waals surface area contributed by atoms with Gasteiger partial charge in [-0.05, 0) is 47.1 Å². The Balaban J connectivity index is 2.47. The molecule has 5 nitrogen and oxygen atoms in total. The van der Waals surface area contributed by atoms with Crippen LogP contribution in [0, 0.1) is 6.92 Å². The van der Waals surface area contributed by atoms with E-state index in [4.69, 9.17) is 16.7 Å². The molecular weight excluding hydrogens is 402 g/mol. The number of nitrogens with one attached hydrogen (secondary N) is 1. The molecular formula is C12H9BrClNO4S2. The molecule has 2 aromatic rings. The molecule has 0 aliphatic heterocycles. The highest BCUT2D eigenvalue weighted by atomic mass is 79.9. The first-order valence-corrected chi connectivity index (χ1v) is 8.99. The first-order chi connectivity index (χ1) is 9.70. The van der Waals surface area contributed by atoms with Gasteiger partial charge in [-0.3, -0.25) is 4.72 Å². The fourth-order valence-corrected chi connectivity index (χ4v) is 5.35. The van der Waals surface area contributed by atoms with E-state index >= 15 is 0 Å². The van der Waals surface area contributed by atoms with E-state index in [1.54, 1.807) is 6.92 Å². The van der Waals surface area contributed by atoms with Crippen LogP contribution in [0.1, 0.15) is 15.2 Å². The van der Waals surface area contributed by atoms with Gasteiger partial charge in [0.05, 0.1) is 15.0 Å². The molecule has 1 heterocycles. The molecule has 2 N–H and O–H groups in total. The number of hydrogen-bond donors (Lipinski definition) is 2. The maximum atomic E-state index is 12.3. The van der Waals surface area contributed by atoms with Crippen molar-refractivity contribution in [3.05, 3.63) is 43.5 Å². The lowest BCUT2D eigenvalue weighted by atomic mass is 10.2. The largest absolute Gasteiger partial charge is 0.478 e. The first kappa shape index (κ1) is 16.3. The molecule has 9 heteroatoms. The van der Waals surface area contributed by atoms with Gasteiger partial charge in [0.1, 0.15) is 4.90 Å². The molecule has 0 unspecified atom stereocenters. The molecule has 0 atom stereocenters. The van der Waals surface area contributed by atoms with Crippen molar-refractivity contribution in [3.8, 4) is 0 Å². The Kier molecular flexibility index (Phi) is 4.62. The van der Waals surface area contributed by atoms with Crippen LogP contribution in [0.15, 0.2) is 32.9 Å². The average molecular weight is 411 g/mol. The molecule has 0 aliphatic carbocycles. The van der Waals surface area contributed by atoms with Gasteiger partial charge >= 0.3 is 5.97 Å². The summed E-state index contributed by atoms with van der Waals surface area (Å²) in [7, 11) is -3.87. The zero-order valence-corrected chi connectivity index (χ0v) is 14.5. The Bertz CT molecular complexity index is 817. The molecule has 1 aromatic carbocycles. The fourth-order valence-electron chi connectivity index (χ4n) is 1.68. The van der Waals surface area contributed by atoms with Gasteiger partial charge in [-0.15, -0.1) is 11.3 Å². The molecule has 0 spiro atoms. The molecule has 0 radical (unpaired) electrons. The molecule has 0 amide bonds. The standard InChI is InChI=1S/C12H9BrClNO4S2/c1-6-10(5-11(13)20-6)21(18,19)15-9-3-2-7(14)4-8(9)12(16)17/h2-5,15H,1H3,(H,16,17). The van der Waals surface area contributed by atoms with Crippen molar-refractivity contribution >= 4 is 60.5 Å². The van der Waals surface area contributed by atoms with Crippen LogP contribution in [0.3, 0.4) is 0 Å². The van der Waals surface area contributed by atoms with Gasteiger partial charge in [-0.1, -0.05) is 11.6 Å². The Morgan fingerprint density at radius 3 is 2.57 bits per heavy atom. The van der Waals surface area contributed by atoms with E-state index in [-0.39, 0.29) is 21.2 Å². The quantitative estimate of drug-likeness (QED) is 0.799. The van der Waals surface area contributed by atoms with Crippen molar-refractivity contribution in [2.45, 2.75) is 11.8 Å². The van der Waals surface area contributed by atoms with Crippen molar-refractivity contribution in [2.75, 3.05) is 4.72 Å². The minimum atomic E-state index is -3.87. The lowest BCUT2D eigenvalue weighted by Gasteiger charge is -2.10. The third kappa shape index (κ3) is 3.57. The number of sulfonamides is 1. The lowest BCUT2D eigenvalue weighted by Crippen LogP contribution is -2.15. The molecule has 0 aliphatic rings. The predicted octanol–water partition coefficient (Wildman–Crippen LogP) is 3.97. The number of halogens is 2. The van der Waals surface area contributed by atoms with Crippen LogP contribution in [-0.2, 0) is 10.0 Å². The van der Waals surface area contributed by atoms with Crippen LogP contribution in [0.25, 0.3) is 0 Å². The minimum Gasteiger partial charge on any atom is -0.478 e. The maximum Gasteiger partial charge on any atom is 0.337 e. The number of hydrogen-bond acceptors (Lipinski definition) is 4. The van der Waals surface area contributed by atoms with Crippen molar-refractivity contribution in [1.82, 2.24) is 0 Å². The van der Waals surface area contributed by atoms with Gasteiger partial charge in [0, 0.05) is 9.90 Å². The third-order valence-corrected chi connectivity index (χ3v) is 6.00. The molecule has 21 heavy (non-hydrogen) atoms. The maximum absolute atomic E-state index is 12.3. The van der Waals surface area contributed by atoms with Crippen LogP contribution in [0.4, 0.5) is 5.69 Å². The molecule has 0 saturated heterocycles. The van der Waals surface area contributed by atoms with Gasteiger partial charge in [0.25, 0.3) is 10.0 Å². The zero-order valence-electron chi connectivity index (χ0n) is 10.6. The second kappa shape index (κ2) is 5.96. The second-order valence-electron chi connectivity index (χ2n) is 4.07. The highest BCUT2D eigenvalue weighted by Gasteiger charge is 2.22. The highest BCUT2D eigenvalue weighted by Crippen LogP contribution is 2.31. The van der Waals surface area contributed by atoms with Gasteiger partial charge in [-0.25, -0.2) is 13.2 Å². The SMILES string of the molecule is Cc1sc(Br)cc1S(=O)(=O)Nc1ccc(Cl)cc1C(=O)O. The van der Waals surface area contributed by atoms with E-state index in [1.165, 1.54) is 35.6 Å². The second-order valence-corrected chi connectivity index (χ2v) is 8.79.